The molecule has 214 valence electrons. The molecule has 0 spiro atoms. The van der Waals surface area contributed by atoms with Gasteiger partial charge in [-0.15, -0.1) is 0 Å². The van der Waals surface area contributed by atoms with E-state index in [4.69, 9.17) is 5.73 Å². The van der Waals surface area contributed by atoms with E-state index in [9.17, 15) is 14.4 Å². The molecule has 1 fully saturated rings. The smallest absolute Gasteiger partial charge is 0.291 e. The molecule has 10 heteroatoms. The zero-order chi connectivity index (χ0) is 29.7. The summed E-state index contributed by atoms with van der Waals surface area (Å²) >= 11 is 0. The highest BCUT2D eigenvalue weighted by atomic mass is 16.2. The molecule has 2 aromatic heterocycles. The van der Waals surface area contributed by atoms with Crippen molar-refractivity contribution in [1.29, 1.82) is 0 Å². The quantitative estimate of drug-likeness (QED) is 0.239. The lowest BCUT2D eigenvalue weighted by molar-refractivity contribution is 0.0664. The summed E-state index contributed by atoms with van der Waals surface area (Å²) in [6.07, 6.45) is 0. The summed E-state index contributed by atoms with van der Waals surface area (Å²) in [6.45, 7) is 2.99. The van der Waals surface area contributed by atoms with E-state index in [0.29, 0.717) is 57.4 Å². The third-order valence-electron chi connectivity index (χ3n) is 8.10. The van der Waals surface area contributed by atoms with Gasteiger partial charge in [0, 0.05) is 53.6 Å². The summed E-state index contributed by atoms with van der Waals surface area (Å²) in [5, 5.41) is 4.48. The Hall–Kier alpha value is -5.48. The molecule has 3 heterocycles. The molecule has 7 rings (SSSR count). The molecule has 4 aromatic carbocycles. The monoisotopic (exact) mass is 571 g/mol. The van der Waals surface area contributed by atoms with Crippen molar-refractivity contribution >= 4 is 56.2 Å². The number of fused-ring (bicyclic) bond motifs is 4. The van der Waals surface area contributed by atoms with Crippen LogP contribution in [-0.2, 0) is 0 Å². The maximum absolute atomic E-state index is 13.5. The van der Waals surface area contributed by atoms with E-state index in [1.807, 2.05) is 84.7 Å². The Balaban J connectivity index is 1.37. The van der Waals surface area contributed by atoms with Gasteiger partial charge in [0.15, 0.2) is 5.82 Å². The van der Waals surface area contributed by atoms with Crippen LogP contribution in [0.4, 0.5) is 5.69 Å². The second-order valence-electron chi connectivity index (χ2n) is 10.9. The van der Waals surface area contributed by atoms with Crippen molar-refractivity contribution in [2.45, 2.75) is 0 Å². The number of hydrogen-bond donors (Lipinski definition) is 4. The predicted molar refractivity (Wildman–Crippen MR) is 167 cm³/mol. The molecule has 6 aromatic rings. The molecule has 0 radical (unpaired) electrons. The molecule has 0 aliphatic carbocycles. The average molecular weight is 572 g/mol. The number of nitrogens with two attached hydrogens (primary N) is 1. The van der Waals surface area contributed by atoms with Crippen LogP contribution in [0, 0.1) is 0 Å². The zero-order valence-electron chi connectivity index (χ0n) is 23.5. The van der Waals surface area contributed by atoms with Gasteiger partial charge in [-0.05, 0) is 42.9 Å². The number of likely N-dealkylation sites (N-methyl/N-ethyl adjacent to an activating group) is 1. The standard InChI is InChI=1S/C33H29N7O3/c1-39-13-15-40(16-14-39)33(43)20-11-12-21-22-18-26(38-32(42)31-36-23-9-5-6-10-24(23)37-31)27(19-7-3-2-4-8-19)28(30(34)41)29(22)35-25(21)17-20/h2-12,17-18,35H,13-16H2,1H3,(H2,34,41)(H,36,37)(H,38,42). The summed E-state index contributed by atoms with van der Waals surface area (Å²) in [7, 11) is 2.05. The van der Waals surface area contributed by atoms with Gasteiger partial charge in [-0.25, -0.2) is 4.98 Å². The highest BCUT2D eigenvalue weighted by Crippen LogP contribution is 2.40. The summed E-state index contributed by atoms with van der Waals surface area (Å²) in [5.41, 5.74) is 11.1. The molecule has 0 atom stereocenters. The maximum Gasteiger partial charge on any atom is 0.291 e. The average Bonchev–Trinajstić information content (AvgIpc) is 3.62. The van der Waals surface area contributed by atoms with Crippen LogP contribution in [0.25, 0.3) is 44.0 Å². The number of aromatic nitrogens is 3. The van der Waals surface area contributed by atoms with Crippen LogP contribution in [0.3, 0.4) is 0 Å². The fourth-order valence-corrected chi connectivity index (χ4v) is 5.86. The maximum atomic E-state index is 13.5. The lowest BCUT2D eigenvalue weighted by Gasteiger charge is -2.32. The minimum atomic E-state index is -0.649. The van der Waals surface area contributed by atoms with Crippen LogP contribution in [0.5, 0.6) is 0 Å². The number of H-pyrrole nitrogens is 2. The molecule has 0 bridgehead atoms. The van der Waals surface area contributed by atoms with Gasteiger partial charge < -0.3 is 30.8 Å². The Morgan fingerprint density at radius 1 is 0.837 bits per heavy atom. The number of rotatable bonds is 5. The molecule has 1 saturated heterocycles. The van der Waals surface area contributed by atoms with Crippen molar-refractivity contribution < 1.29 is 14.4 Å². The second-order valence-corrected chi connectivity index (χ2v) is 10.9. The molecule has 1 aliphatic heterocycles. The number of carbonyl (C=O) groups is 3. The zero-order valence-corrected chi connectivity index (χ0v) is 23.5. The molecule has 3 amide bonds. The minimum Gasteiger partial charge on any atom is -0.366 e. The van der Waals surface area contributed by atoms with Crippen LogP contribution in [-0.4, -0.2) is 75.7 Å². The number of carbonyl (C=O) groups excluding carboxylic acids is 3. The lowest BCUT2D eigenvalue weighted by Crippen LogP contribution is -2.47. The van der Waals surface area contributed by atoms with Crippen LogP contribution >= 0.6 is 0 Å². The second kappa shape index (κ2) is 10.4. The van der Waals surface area contributed by atoms with Crippen molar-refractivity contribution in [2.24, 2.45) is 5.73 Å². The number of amides is 3. The fourth-order valence-electron chi connectivity index (χ4n) is 5.86. The SMILES string of the molecule is CN1CCN(C(=O)c2ccc3c(c2)[nH]c2c(C(N)=O)c(-c4ccccc4)c(NC(=O)c4nc5ccccc5[nH]4)cc23)CC1. The van der Waals surface area contributed by atoms with Crippen molar-refractivity contribution in [3.63, 3.8) is 0 Å². The first-order valence-corrected chi connectivity index (χ1v) is 14.1. The number of piperazine rings is 1. The number of imidazole rings is 1. The highest BCUT2D eigenvalue weighted by molar-refractivity contribution is 6.22. The molecule has 5 N–H and O–H groups in total. The van der Waals surface area contributed by atoms with Crippen molar-refractivity contribution in [3.8, 4) is 11.1 Å². The first-order valence-electron chi connectivity index (χ1n) is 14.1. The van der Waals surface area contributed by atoms with Crippen molar-refractivity contribution in [3.05, 3.63) is 95.8 Å². The van der Waals surface area contributed by atoms with Gasteiger partial charge in [0.05, 0.1) is 27.8 Å². The summed E-state index contributed by atoms with van der Waals surface area (Å²) < 4.78 is 0. The Bertz CT molecular complexity index is 2020. The number of para-hydroxylation sites is 2. The highest BCUT2D eigenvalue weighted by Gasteiger charge is 2.25. The number of nitrogens with zero attached hydrogens (tertiary/aromatic N) is 3. The van der Waals surface area contributed by atoms with Crippen molar-refractivity contribution in [1.82, 2.24) is 24.8 Å². The Labute approximate surface area is 246 Å². The molecule has 1 aliphatic rings. The number of primary amides is 1. The number of anilines is 1. The summed E-state index contributed by atoms with van der Waals surface area (Å²) in [5.74, 6) is -0.994. The predicted octanol–water partition coefficient (Wildman–Crippen LogP) is 4.60. The van der Waals surface area contributed by atoms with E-state index >= 15 is 0 Å². The Morgan fingerprint density at radius 3 is 2.33 bits per heavy atom. The first kappa shape index (κ1) is 26.4. The summed E-state index contributed by atoms with van der Waals surface area (Å²) in [4.78, 5) is 54.9. The number of hydrogen-bond acceptors (Lipinski definition) is 5. The Kier molecular flexibility index (Phi) is 6.40. The van der Waals surface area contributed by atoms with Gasteiger partial charge in [-0.2, -0.15) is 0 Å². The van der Waals surface area contributed by atoms with Crippen LogP contribution in [0.1, 0.15) is 31.3 Å². The third-order valence-corrected chi connectivity index (χ3v) is 8.10. The number of nitrogens with one attached hydrogen (secondary N) is 3. The lowest BCUT2D eigenvalue weighted by atomic mass is 9.94. The normalized spacial score (nSPS) is 14.0. The van der Waals surface area contributed by atoms with Gasteiger partial charge in [0.1, 0.15) is 0 Å². The van der Waals surface area contributed by atoms with E-state index < -0.39 is 11.8 Å². The third kappa shape index (κ3) is 4.67. The van der Waals surface area contributed by atoms with E-state index in [-0.39, 0.29) is 17.3 Å². The molecule has 43 heavy (non-hydrogen) atoms. The summed E-state index contributed by atoms with van der Waals surface area (Å²) in [6, 6.07) is 24.0. The molecule has 0 unspecified atom stereocenters. The van der Waals surface area contributed by atoms with Gasteiger partial charge in [0.25, 0.3) is 17.7 Å². The van der Waals surface area contributed by atoms with E-state index in [1.165, 1.54) is 0 Å². The van der Waals surface area contributed by atoms with E-state index in [2.05, 4.69) is 25.2 Å². The topological polar surface area (TPSA) is 140 Å². The number of aromatic amines is 2. The van der Waals surface area contributed by atoms with Crippen LogP contribution < -0.4 is 11.1 Å². The minimum absolute atomic E-state index is 0.0347. The van der Waals surface area contributed by atoms with Gasteiger partial charge in [0.2, 0.25) is 0 Å². The van der Waals surface area contributed by atoms with Gasteiger partial charge in [-0.1, -0.05) is 48.5 Å². The van der Waals surface area contributed by atoms with Gasteiger partial charge >= 0.3 is 0 Å². The molecule has 0 saturated carbocycles. The number of benzene rings is 4. The largest absolute Gasteiger partial charge is 0.366 e. The van der Waals surface area contributed by atoms with E-state index in [1.54, 1.807) is 6.07 Å². The molecular formula is C33H29N7O3. The fraction of sp³-hybridized carbons (Fsp3) is 0.152. The van der Waals surface area contributed by atoms with Gasteiger partial charge in [-0.3, -0.25) is 14.4 Å². The van der Waals surface area contributed by atoms with Crippen molar-refractivity contribution in [2.75, 3.05) is 38.5 Å². The molecule has 10 nitrogen and oxygen atoms in total. The Morgan fingerprint density at radius 2 is 1.58 bits per heavy atom. The van der Waals surface area contributed by atoms with Crippen LogP contribution in [0.15, 0.2) is 78.9 Å². The molecular weight excluding hydrogens is 542 g/mol. The van der Waals surface area contributed by atoms with Crippen LogP contribution in [0.2, 0.25) is 0 Å². The van der Waals surface area contributed by atoms with E-state index in [0.717, 1.165) is 24.0 Å². The first-order chi connectivity index (χ1) is 20.9.